The Bertz CT molecular complexity index is 181. The minimum Gasteiger partial charge on any atom is -0.0623 e. The zero-order valence-electron chi connectivity index (χ0n) is 7.28. The van der Waals surface area contributed by atoms with Gasteiger partial charge in [0.25, 0.3) is 0 Å². The first-order valence-electron chi connectivity index (χ1n) is 4.00. The smallest absolute Gasteiger partial charge is 0.0623 e. The minimum absolute atomic E-state index is 0. The third-order valence-corrected chi connectivity index (χ3v) is 1.33. The summed E-state index contributed by atoms with van der Waals surface area (Å²) in [6.45, 7) is 0. The van der Waals surface area contributed by atoms with Crippen LogP contribution in [0.25, 0.3) is 0 Å². The molecule has 0 atom stereocenters. The fourth-order valence-electron chi connectivity index (χ4n) is 0.770. The van der Waals surface area contributed by atoms with Gasteiger partial charge in [-0.3, -0.25) is 0 Å². The van der Waals surface area contributed by atoms with E-state index in [4.69, 9.17) is 0 Å². The minimum atomic E-state index is 0. The van der Waals surface area contributed by atoms with Crippen molar-refractivity contribution in [1.29, 1.82) is 0 Å². The van der Waals surface area contributed by atoms with Gasteiger partial charge in [-0.05, 0) is 0 Å². The van der Waals surface area contributed by atoms with Crippen LogP contribution in [-0.2, 0) is 17.1 Å². The second kappa shape index (κ2) is 9.05. The van der Waals surface area contributed by atoms with E-state index in [2.05, 4.69) is 0 Å². The maximum Gasteiger partial charge on any atom is 2.00 e. The van der Waals surface area contributed by atoms with Gasteiger partial charge in [0, 0.05) is 0 Å². The molecular formula is C12H12Fe+2. The first-order valence-corrected chi connectivity index (χ1v) is 4.00. The quantitative estimate of drug-likeness (QED) is 0.587. The summed E-state index contributed by atoms with van der Waals surface area (Å²) in [7, 11) is 0. The topological polar surface area (TPSA) is 0 Å². The van der Waals surface area contributed by atoms with Crippen LogP contribution in [0.5, 0.6) is 0 Å². The molecule has 0 aliphatic rings. The number of hydrogen-bond donors (Lipinski definition) is 0. The molecule has 0 amide bonds. The SMILES string of the molecule is [Fe+2].c1ccccc1.c1ccccc1. The Morgan fingerprint density at radius 2 is 0.308 bits per heavy atom. The summed E-state index contributed by atoms with van der Waals surface area (Å²) in [4.78, 5) is 0. The largest absolute Gasteiger partial charge is 2.00 e. The van der Waals surface area contributed by atoms with Crippen molar-refractivity contribution in [1.82, 2.24) is 0 Å². The van der Waals surface area contributed by atoms with Crippen LogP contribution in [0.3, 0.4) is 0 Å². The van der Waals surface area contributed by atoms with Gasteiger partial charge in [0.1, 0.15) is 0 Å². The molecule has 2 aromatic carbocycles. The molecule has 66 valence electrons. The number of rotatable bonds is 0. The molecule has 0 nitrogen and oxygen atoms in total. The van der Waals surface area contributed by atoms with Gasteiger partial charge in [-0.1, -0.05) is 72.8 Å². The van der Waals surface area contributed by atoms with Crippen LogP contribution in [0, 0.1) is 0 Å². The molecule has 2 aromatic rings. The van der Waals surface area contributed by atoms with Gasteiger partial charge < -0.3 is 0 Å². The molecule has 0 radical (unpaired) electrons. The fourth-order valence-corrected chi connectivity index (χ4v) is 0.770. The first-order chi connectivity index (χ1) is 6.00. The second-order valence-electron chi connectivity index (χ2n) is 2.31. The zero-order valence-corrected chi connectivity index (χ0v) is 8.39. The molecule has 0 N–H and O–H groups in total. The molecule has 0 aliphatic carbocycles. The number of hydrogen-bond acceptors (Lipinski definition) is 0. The first kappa shape index (κ1) is 12.0. The molecule has 0 heterocycles. The van der Waals surface area contributed by atoms with Gasteiger partial charge in [-0.2, -0.15) is 0 Å². The van der Waals surface area contributed by atoms with Gasteiger partial charge in [0.05, 0.1) is 0 Å². The zero-order chi connectivity index (χ0) is 8.49. The van der Waals surface area contributed by atoms with E-state index >= 15 is 0 Å². The van der Waals surface area contributed by atoms with E-state index in [1.165, 1.54) is 0 Å². The maximum absolute atomic E-state index is 2.00. The Morgan fingerprint density at radius 1 is 0.231 bits per heavy atom. The summed E-state index contributed by atoms with van der Waals surface area (Å²) in [5.74, 6) is 0. The van der Waals surface area contributed by atoms with Gasteiger partial charge in [0.2, 0.25) is 0 Å². The van der Waals surface area contributed by atoms with E-state index in [0.717, 1.165) is 0 Å². The molecule has 13 heavy (non-hydrogen) atoms. The van der Waals surface area contributed by atoms with Gasteiger partial charge in [-0.15, -0.1) is 0 Å². The monoisotopic (exact) mass is 212 g/mol. The van der Waals surface area contributed by atoms with Crippen molar-refractivity contribution in [3.63, 3.8) is 0 Å². The van der Waals surface area contributed by atoms with Crippen LogP contribution in [-0.4, -0.2) is 0 Å². The summed E-state index contributed by atoms with van der Waals surface area (Å²) >= 11 is 0. The van der Waals surface area contributed by atoms with E-state index < -0.39 is 0 Å². The molecule has 0 fully saturated rings. The second-order valence-corrected chi connectivity index (χ2v) is 2.31. The van der Waals surface area contributed by atoms with Crippen LogP contribution in [0.4, 0.5) is 0 Å². The molecule has 0 aromatic heterocycles. The third-order valence-electron chi connectivity index (χ3n) is 1.33. The van der Waals surface area contributed by atoms with E-state index in [1.807, 2.05) is 72.8 Å². The molecule has 2 rings (SSSR count). The average molecular weight is 212 g/mol. The molecule has 0 bridgehead atoms. The Labute approximate surface area is 90.1 Å². The Hall–Kier alpha value is -1.04. The number of benzene rings is 2. The van der Waals surface area contributed by atoms with E-state index in [-0.39, 0.29) is 17.1 Å². The van der Waals surface area contributed by atoms with Gasteiger partial charge in [0.15, 0.2) is 0 Å². The van der Waals surface area contributed by atoms with Crippen molar-refractivity contribution >= 4 is 0 Å². The molecule has 0 saturated carbocycles. The van der Waals surface area contributed by atoms with E-state index in [0.29, 0.717) is 0 Å². The van der Waals surface area contributed by atoms with Crippen LogP contribution < -0.4 is 0 Å². The summed E-state index contributed by atoms with van der Waals surface area (Å²) in [5, 5.41) is 0. The van der Waals surface area contributed by atoms with Gasteiger partial charge >= 0.3 is 17.1 Å². The Balaban J connectivity index is 0.000000206. The predicted octanol–water partition coefficient (Wildman–Crippen LogP) is 3.37. The normalized spacial score (nSPS) is 7.38. The van der Waals surface area contributed by atoms with Crippen molar-refractivity contribution in [2.75, 3.05) is 0 Å². The van der Waals surface area contributed by atoms with E-state index in [1.54, 1.807) is 0 Å². The molecule has 0 saturated heterocycles. The maximum atomic E-state index is 2.00. The van der Waals surface area contributed by atoms with Gasteiger partial charge in [-0.25, -0.2) is 0 Å². The molecule has 1 heteroatoms. The van der Waals surface area contributed by atoms with Crippen molar-refractivity contribution in [3.05, 3.63) is 72.8 Å². The predicted molar refractivity (Wildman–Crippen MR) is 52.9 cm³/mol. The van der Waals surface area contributed by atoms with Crippen LogP contribution in [0.15, 0.2) is 72.8 Å². The Morgan fingerprint density at radius 3 is 0.385 bits per heavy atom. The molecular weight excluding hydrogens is 200 g/mol. The van der Waals surface area contributed by atoms with Crippen LogP contribution in [0.1, 0.15) is 0 Å². The average Bonchev–Trinajstić information content (AvgIpc) is 2.24. The molecule has 0 unspecified atom stereocenters. The van der Waals surface area contributed by atoms with Crippen molar-refractivity contribution in [2.45, 2.75) is 0 Å². The van der Waals surface area contributed by atoms with Crippen molar-refractivity contribution in [2.24, 2.45) is 0 Å². The standard InChI is InChI=1S/2C6H6.Fe/c2*1-2-4-6-5-3-1;/h2*1-6H;/q;;+2. The summed E-state index contributed by atoms with van der Waals surface area (Å²) < 4.78 is 0. The molecule has 0 aliphatic heterocycles. The fraction of sp³-hybridized carbons (Fsp3) is 0. The molecule has 0 spiro atoms. The summed E-state index contributed by atoms with van der Waals surface area (Å²) in [5.41, 5.74) is 0. The van der Waals surface area contributed by atoms with Crippen molar-refractivity contribution < 1.29 is 17.1 Å². The third kappa shape index (κ3) is 7.32. The Kier molecular flexibility index (Phi) is 8.33. The summed E-state index contributed by atoms with van der Waals surface area (Å²) in [6.07, 6.45) is 0. The van der Waals surface area contributed by atoms with Crippen LogP contribution in [0.2, 0.25) is 0 Å². The van der Waals surface area contributed by atoms with E-state index in [9.17, 15) is 0 Å². The van der Waals surface area contributed by atoms with Crippen LogP contribution >= 0.6 is 0 Å². The van der Waals surface area contributed by atoms with Crippen molar-refractivity contribution in [3.8, 4) is 0 Å². The summed E-state index contributed by atoms with van der Waals surface area (Å²) in [6, 6.07) is 24.0.